The molecule has 2 aromatic carbocycles. The SMILES string of the molecule is C[C@H](O)c1ccc(OCc2ccc(F)c(Cl)c2)c(Cl)c1. The van der Waals surface area contributed by atoms with Gasteiger partial charge < -0.3 is 9.84 Å². The Kier molecular flexibility index (Phi) is 4.86. The van der Waals surface area contributed by atoms with Crippen molar-refractivity contribution in [1.29, 1.82) is 0 Å². The molecule has 0 aromatic heterocycles. The zero-order valence-electron chi connectivity index (χ0n) is 10.7. The van der Waals surface area contributed by atoms with E-state index >= 15 is 0 Å². The van der Waals surface area contributed by atoms with Gasteiger partial charge in [-0.2, -0.15) is 0 Å². The third kappa shape index (κ3) is 3.63. The molecule has 0 unspecified atom stereocenters. The first-order valence-corrected chi connectivity index (χ1v) is 6.77. The number of ether oxygens (including phenoxy) is 1. The normalized spacial score (nSPS) is 12.2. The van der Waals surface area contributed by atoms with Crippen LogP contribution in [0.5, 0.6) is 5.75 Å². The van der Waals surface area contributed by atoms with Gasteiger partial charge in [-0.25, -0.2) is 4.39 Å². The molecule has 2 aromatic rings. The highest BCUT2D eigenvalue weighted by Gasteiger charge is 2.07. The van der Waals surface area contributed by atoms with Crippen LogP contribution in [0.25, 0.3) is 0 Å². The topological polar surface area (TPSA) is 29.5 Å². The fourth-order valence-electron chi connectivity index (χ4n) is 1.68. The number of benzene rings is 2. The van der Waals surface area contributed by atoms with E-state index in [9.17, 15) is 9.50 Å². The fraction of sp³-hybridized carbons (Fsp3) is 0.200. The lowest BCUT2D eigenvalue weighted by atomic mass is 10.1. The molecule has 0 fully saturated rings. The van der Waals surface area contributed by atoms with Gasteiger partial charge in [0.25, 0.3) is 0 Å². The van der Waals surface area contributed by atoms with Crippen LogP contribution < -0.4 is 4.74 Å². The summed E-state index contributed by atoms with van der Waals surface area (Å²) in [5.74, 6) is 0.0336. The van der Waals surface area contributed by atoms with Crippen LogP contribution in [0.3, 0.4) is 0 Å². The van der Waals surface area contributed by atoms with Gasteiger partial charge in [0.05, 0.1) is 16.1 Å². The molecule has 0 heterocycles. The Labute approximate surface area is 126 Å². The highest BCUT2D eigenvalue weighted by molar-refractivity contribution is 6.32. The first-order chi connectivity index (χ1) is 9.47. The largest absolute Gasteiger partial charge is 0.487 e. The predicted molar refractivity (Wildman–Crippen MR) is 77.8 cm³/mol. The van der Waals surface area contributed by atoms with Gasteiger partial charge in [0, 0.05) is 0 Å². The summed E-state index contributed by atoms with van der Waals surface area (Å²) >= 11 is 11.8. The van der Waals surface area contributed by atoms with Crippen molar-refractivity contribution in [2.45, 2.75) is 19.6 Å². The standard InChI is InChI=1S/C15H13Cl2FO2/c1-9(19)11-3-5-15(13(17)7-11)20-8-10-2-4-14(18)12(16)6-10/h2-7,9,19H,8H2,1H3/t9-/m0/s1. The molecule has 0 radical (unpaired) electrons. The summed E-state index contributed by atoms with van der Waals surface area (Å²) in [5, 5.41) is 9.92. The van der Waals surface area contributed by atoms with Crippen LogP contribution in [0, 0.1) is 5.82 Å². The van der Waals surface area contributed by atoms with Crippen LogP contribution in [0.4, 0.5) is 4.39 Å². The van der Waals surface area contributed by atoms with Crippen molar-refractivity contribution >= 4 is 23.2 Å². The second-order valence-electron chi connectivity index (χ2n) is 4.40. The first-order valence-electron chi connectivity index (χ1n) is 6.01. The Morgan fingerprint density at radius 2 is 1.90 bits per heavy atom. The minimum atomic E-state index is -0.586. The van der Waals surface area contributed by atoms with Crippen LogP contribution >= 0.6 is 23.2 Å². The van der Waals surface area contributed by atoms with E-state index in [1.165, 1.54) is 12.1 Å². The van der Waals surface area contributed by atoms with E-state index in [-0.39, 0.29) is 11.6 Å². The molecule has 0 bridgehead atoms. The number of aliphatic hydroxyl groups is 1. The van der Waals surface area contributed by atoms with Crippen molar-refractivity contribution < 1.29 is 14.2 Å². The van der Waals surface area contributed by atoms with Crippen molar-refractivity contribution in [3.8, 4) is 5.75 Å². The molecule has 1 atom stereocenters. The van der Waals surface area contributed by atoms with E-state index in [0.717, 1.165) is 5.56 Å². The average molecular weight is 315 g/mol. The third-order valence-electron chi connectivity index (χ3n) is 2.82. The fourth-order valence-corrected chi connectivity index (χ4v) is 2.13. The highest BCUT2D eigenvalue weighted by atomic mass is 35.5. The van der Waals surface area contributed by atoms with E-state index in [4.69, 9.17) is 27.9 Å². The molecule has 20 heavy (non-hydrogen) atoms. The number of aliphatic hydroxyl groups excluding tert-OH is 1. The zero-order chi connectivity index (χ0) is 14.7. The maximum absolute atomic E-state index is 13.0. The van der Waals surface area contributed by atoms with E-state index in [1.54, 1.807) is 31.2 Å². The lowest BCUT2D eigenvalue weighted by Crippen LogP contribution is -1.98. The van der Waals surface area contributed by atoms with E-state index in [0.29, 0.717) is 16.3 Å². The van der Waals surface area contributed by atoms with Crippen molar-refractivity contribution in [3.63, 3.8) is 0 Å². The van der Waals surface area contributed by atoms with Crippen LogP contribution in [0.2, 0.25) is 10.0 Å². The molecule has 1 N–H and O–H groups in total. The quantitative estimate of drug-likeness (QED) is 0.881. The molecule has 5 heteroatoms. The van der Waals surface area contributed by atoms with Gasteiger partial charge in [-0.05, 0) is 42.3 Å². The molecular weight excluding hydrogens is 302 g/mol. The Morgan fingerprint density at radius 3 is 2.50 bits per heavy atom. The molecule has 2 rings (SSSR count). The molecule has 0 spiro atoms. The minimum absolute atomic E-state index is 0.0571. The van der Waals surface area contributed by atoms with Gasteiger partial charge in [-0.1, -0.05) is 35.3 Å². The van der Waals surface area contributed by atoms with Crippen LogP contribution in [-0.2, 0) is 6.61 Å². The lowest BCUT2D eigenvalue weighted by molar-refractivity contribution is 0.199. The van der Waals surface area contributed by atoms with Gasteiger partial charge in [0.2, 0.25) is 0 Å². The molecule has 0 saturated carbocycles. The molecule has 0 aliphatic rings. The predicted octanol–water partition coefficient (Wildman–Crippen LogP) is 4.76. The second-order valence-corrected chi connectivity index (χ2v) is 5.22. The van der Waals surface area contributed by atoms with Crippen molar-refractivity contribution in [2.75, 3.05) is 0 Å². The minimum Gasteiger partial charge on any atom is -0.487 e. The Balaban J connectivity index is 2.09. The summed E-state index contributed by atoms with van der Waals surface area (Å²) in [6.45, 7) is 1.89. The summed E-state index contributed by atoms with van der Waals surface area (Å²) in [6, 6.07) is 9.48. The highest BCUT2D eigenvalue weighted by Crippen LogP contribution is 2.28. The van der Waals surface area contributed by atoms with E-state index in [1.807, 2.05) is 0 Å². The van der Waals surface area contributed by atoms with Crippen LogP contribution in [0.1, 0.15) is 24.2 Å². The van der Waals surface area contributed by atoms with Gasteiger partial charge in [0.15, 0.2) is 0 Å². The van der Waals surface area contributed by atoms with Crippen molar-refractivity contribution in [1.82, 2.24) is 0 Å². The van der Waals surface area contributed by atoms with Crippen molar-refractivity contribution in [3.05, 3.63) is 63.4 Å². The molecule has 0 amide bonds. The Morgan fingerprint density at radius 1 is 1.15 bits per heavy atom. The summed E-state index contributed by atoms with van der Waals surface area (Å²) in [4.78, 5) is 0. The maximum atomic E-state index is 13.0. The van der Waals surface area contributed by atoms with Crippen LogP contribution in [0.15, 0.2) is 36.4 Å². The summed E-state index contributed by atoms with van der Waals surface area (Å²) in [7, 11) is 0. The van der Waals surface area contributed by atoms with E-state index < -0.39 is 11.9 Å². The van der Waals surface area contributed by atoms with Gasteiger partial charge in [-0.3, -0.25) is 0 Å². The van der Waals surface area contributed by atoms with E-state index in [2.05, 4.69) is 0 Å². The van der Waals surface area contributed by atoms with Crippen LogP contribution in [-0.4, -0.2) is 5.11 Å². The second kappa shape index (κ2) is 6.44. The molecule has 2 nitrogen and oxygen atoms in total. The van der Waals surface area contributed by atoms with Gasteiger partial charge in [0.1, 0.15) is 18.2 Å². The number of hydrogen-bond acceptors (Lipinski definition) is 2. The lowest BCUT2D eigenvalue weighted by Gasteiger charge is -2.11. The first kappa shape index (κ1) is 15.1. The zero-order valence-corrected chi connectivity index (χ0v) is 12.2. The molecule has 0 aliphatic heterocycles. The van der Waals surface area contributed by atoms with Gasteiger partial charge >= 0.3 is 0 Å². The number of rotatable bonds is 4. The summed E-state index contributed by atoms with van der Waals surface area (Å²) < 4.78 is 18.6. The average Bonchev–Trinajstić information content (AvgIpc) is 2.41. The molecule has 0 saturated heterocycles. The molecular formula is C15H13Cl2FO2. The monoisotopic (exact) mass is 314 g/mol. The third-order valence-corrected chi connectivity index (χ3v) is 3.40. The Hall–Kier alpha value is -1.29. The summed E-state index contributed by atoms with van der Waals surface area (Å²) in [6.07, 6.45) is -0.586. The number of halogens is 3. The smallest absolute Gasteiger partial charge is 0.141 e. The number of hydrogen-bond donors (Lipinski definition) is 1. The van der Waals surface area contributed by atoms with Crippen molar-refractivity contribution in [2.24, 2.45) is 0 Å². The Bertz CT molecular complexity index is 615. The summed E-state index contributed by atoms with van der Waals surface area (Å²) in [5.41, 5.74) is 1.46. The molecule has 106 valence electrons. The molecule has 0 aliphatic carbocycles. The van der Waals surface area contributed by atoms with Gasteiger partial charge in [-0.15, -0.1) is 0 Å². The maximum Gasteiger partial charge on any atom is 0.141 e.